The zero-order chi connectivity index (χ0) is 14.1. The maximum atomic E-state index is 14.1. The van der Waals surface area contributed by atoms with Gasteiger partial charge in [0.1, 0.15) is 5.82 Å². The molecular weight excluding hydrogens is 251 g/mol. The Kier molecular flexibility index (Phi) is 4.08. The van der Waals surface area contributed by atoms with Crippen molar-refractivity contribution in [3.8, 4) is 0 Å². The van der Waals surface area contributed by atoms with E-state index < -0.39 is 0 Å². The van der Waals surface area contributed by atoms with Crippen molar-refractivity contribution in [3.05, 3.63) is 35.1 Å². The topological polar surface area (TPSA) is 15.3 Å². The van der Waals surface area contributed by atoms with Gasteiger partial charge in [-0.1, -0.05) is 19.1 Å². The molecule has 3 rings (SSSR count). The Hall–Kier alpha value is -0.930. The fourth-order valence-corrected chi connectivity index (χ4v) is 3.88. The number of nitrogens with one attached hydrogen (secondary N) is 1. The highest BCUT2D eigenvalue weighted by molar-refractivity contribution is 5.28. The van der Waals surface area contributed by atoms with Crippen molar-refractivity contribution in [1.29, 1.82) is 0 Å². The largest absolute Gasteiger partial charge is 0.311 e. The van der Waals surface area contributed by atoms with Crippen LogP contribution in [0.15, 0.2) is 18.2 Å². The predicted molar refractivity (Wildman–Crippen MR) is 80.2 cm³/mol. The first kappa shape index (κ1) is 14.0. The lowest BCUT2D eigenvalue weighted by Crippen LogP contribution is -2.46. The molecule has 2 unspecified atom stereocenters. The lowest BCUT2D eigenvalue weighted by atomic mass is 9.97. The minimum Gasteiger partial charge on any atom is -0.311 e. The molecule has 1 aromatic carbocycles. The van der Waals surface area contributed by atoms with Crippen LogP contribution >= 0.6 is 0 Å². The van der Waals surface area contributed by atoms with E-state index in [9.17, 15) is 4.39 Å². The minimum absolute atomic E-state index is 0.0480. The monoisotopic (exact) mass is 276 g/mol. The SMILES string of the molecule is CCc1cccc(F)c1CN(C)C1CC2CCC(C1)N2. The lowest BCUT2D eigenvalue weighted by Gasteiger charge is -2.36. The molecule has 2 heterocycles. The molecule has 0 saturated carbocycles. The summed E-state index contributed by atoms with van der Waals surface area (Å²) in [7, 11) is 2.15. The first-order valence-electron chi connectivity index (χ1n) is 7.90. The quantitative estimate of drug-likeness (QED) is 0.909. The zero-order valence-corrected chi connectivity index (χ0v) is 12.5. The Labute approximate surface area is 121 Å². The summed E-state index contributed by atoms with van der Waals surface area (Å²) in [4.78, 5) is 2.36. The summed E-state index contributed by atoms with van der Waals surface area (Å²) in [5.74, 6) is -0.0480. The van der Waals surface area contributed by atoms with Crippen LogP contribution in [0.3, 0.4) is 0 Å². The molecule has 1 aromatic rings. The van der Waals surface area contributed by atoms with E-state index in [0.717, 1.165) is 24.1 Å². The second kappa shape index (κ2) is 5.82. The molecule has 20 heavy (non-hydrogen) atoms. The predicted octanol–water partition coefficient (Wildman–Crippen LogP) is 3.10. The molecule has 2 fully saturated rings. The summed E-state index contributed by atoms with van der Waals surface area (Å²) in [6.07, 6.45) is 5.95. The van der Waals surface area contributed by atoms with Crippen LogP contribution in [-0.2, 0) is 13.0 Å². The van der Waals surface area contributed by atoms with Crippen molar-refractivity contribution in [1.82, 2.24) is 10.2 Å². The number of hydrogen-bond donors (Lipinski definition) is 1. The van der Waals surface area contributed by atoms with Gasteiger partial charge in [-0.15, -0.1) is 0 Å². The van der Waals surface area contributed by atoms with Gasteiger partial charge in [0.15, 0.2) is 0 Å². The van der Waals surface area contributed by atoms with Gasteiger partial charge in [0, 0.05) is 30.2 Å². The third-order valence-electron chi connectivity index (χ3n) is 5.08. The third kappa shape index (κ3) is 2.75. The van der Waals surface area contributed by atoms with Gasteiger partial charge >= 0.3 is 0 Å². The van der Waals surface area contributed by atoms with Crippen LogP contribution in [0.25, 0.3) is 0 Å². The fourth-order valence-electron chi connectivity index (χ4n) is 3.88. The molecule has 3 heteroatoms. The number of rotatable bonds is 4. The van der Waals surface area contributed by atoms with E-state index in [1.54, 1.807) is 6.07 Å². The number of piperidine rings is 1. The van der Waals surface area contributed by atoms with E-state index in [2.05, 4.69) is 30.3 Å². The maximum Gasteiger partial charge on any atom is 0.127 e. The van der Waals surface area contributed by atoms with Crippen molar-refractivity contribution in [3.63, 3.8) is 0 Å². The molecule has 2 nitrogen and oxygen atoms in total. The Bertz CT molecular complexity index is 462. The molecule has 2 saturated heterocycles. The average Bonchev–Trinajstić information content (AvgIpc) is 2.79. The number of fused-ring (bicyclic) bond motifs is 2. The Morgan fingerprint density at radius 3 is 2.60 bits per heavy atom. The summed E-state index contributed by atoms with van der Waals surface area (Å²) >= 11 is 0. The van der Waals surface area contributed by atoms with Crippen LogP contribution in [0.5, 0.6) is 0 Å². The second-order valence-corrected chi connectivity index (χ2v) is 6.41. The second-order valence-electron chi connectivity index (χ2n) is 6.41. The van der Waals surface area contributed by atoms with E-state index in [0.29, 0.717) is 18.1 Å². The van der Waals surface area contributed by atoms with Crippen LogP contribution in [0, 0.1) is 5.82 Å². The van der Waals surface area contributed by atoms with Gasteiger partial charge in [-0.25, -0.2) is 4.39 Å². The molecule has 0 aromatic heterocycles. The van der Waals surface area contributed by atoms with Crippen molar-refractivity contribution in [2.45, 2.75) is 63.7 Å². The van der Waals surface area contributed by atoms with E-state index >= 15 is 0 Å². The van der Waals surface area contributed by atoms with Gasteiger partial charge < -0.3 is 5.32 Å². The molecule has 1 N–H and O–H groups in total. The van der Waals surface area contributed by atoms with E-state index in [1.165, 1.54) is 25.7 Å². The van der Waals surface area contributed by atoms with Crippen LogP contribution in [0.1, 0.15) is 43.7 Å². The van der Waals surface area contributed by atoms with Gasteiger partial charge in [0.2, 0.25) is 0 Å². The molecule has 0 amide bonds. The van der Waals surface area contributed by atoms with Gasteiger partial charge in [0.05, 0.1) is 0 Å². The highest BCUT2D eigenvalue weighted by atomic mass is 19.1. The number of halogens is 1. The van der Waals surface area contributed by atoms with Gasteiger partial charge in [-0.2, -0.15) is 0 Å². The van der Waals surface area contributed by atoms with Gasteiger partial charge in [-0.3, -0.25) is 4.90 Å². The Balaban J connectivity index is 1.71. The van der Waals surface area contributed by atoms with Crippen LogP contribution in [-0.4, -0.2) is 30.1 Å². The summed E-state index contributed by atoms with van der Waals surface area (Å²) in [5.41, 5.74) is 2.04. The molecule has 0 aliphatic carbocycles. The number of aryl methyl sites for hydroxylation is 1. The van der Waals surface area contributed by atoms with Crippen LogP contribution in [0.4, 0.5) is 4.39 Å². The van der Waals surface area contributed by atoms with Crippen LogP contribution < -0.4 is 5.32 Å². The zero-order valence-electron chi connectivity index (χ0n) is 12.5. The first-order valence-corrected chi connectivity index (χ1v) is 7.90. The molecule has 110 valence electrons. The summed E-state index contributed by atoms with van der Waals surface area (Å²) < 4.78 is 14.1. The van der Waals surface area contributed by atoms with Gasteiger partial charge in [-0.05, 0) is 50.8 Å². The number of hydrogen-bond acceptors (Lipinski definition) is 2. The van der Waals surface area contributed by atoms with Crippen molar-refractivity contribution in [2.75, 3.05) is 7.05 Å². The van der Waals surface area contributed by atoms with Crippen molar-refractivity contribution < 1.29 is 4.39 Å². The number of benzene rings is 1. The lowest BCUT2D eigenvalue weighted by molar-refractivity contribution is 0.164. The fraction of sp³-hybridized carbons (Fsp3) is 0.647. The van der Waals surface area contributed by atoms with Crippen LogP contribution in [0.2, 0.25) is 0 Å². The normalized spacial score (nSPS) is 29.1. The smallest absolute Gasteiger partial charge is 0.127 e. The Morgan fingerprint density at radius 2 is 1.95 bits per heavy atom. The highest BCUT2D eigenvalue weighted by Crippen LogP contribution is 2.30. The average molecular weight is 276 g/mol. The minimum atomic E-state index is -0.0480. The molecule has 2 aliphatic heterocycles. The first-order chi connectivity index (χ1) is 9.67. The van der Waals surface area contributed by atoms with Crippen molar-refractivity contribution >= 4 is 0 Å². The van der Waals surface area contributed by atoms with E-state index in [4.69, 9.17) is 0 Å². The molecule has 2 aliphatic rings. The summed E-state index contributed by atoms with van der Waals surface area (Å²) in [5, 5.41) is 3.67. The maximum absolute atomic E-state index is 14.1. The standard InChI is InChI=1S/C17H25FN2/c1-3-12-5-4-6-17(18)16(12)11-20(2)15-9-13-7-8-14(10-15)19-13/h4-6,13-15,19H,3,7-11H2,1-2H3. The van der Waals surface area contributed by atoms with E-state index in [-0.39, 0.29) is 5.82 Å². The summed E-state index contributed by atoms with van der Waals surface area (Å²) in [6.45, 7) is 2.84. The van der Waals surface area contributed by atoms with Gasteiger partial charge in [0.25, 0.3) is 0 Å². The summed E-state index contributed by atoms with van der Waals surface area (Å²) in [6, 6.07) is 7.44. The van der Waals surface area contributed by atoms with E-state index in [1.807, 2.05) is 6.07 Å². The highest BCUT2D eigenvalue weighted by Gasteiger charge is 2.35. The van der Waals surface area contributed by atoms with Crippen molar-refractivity contribution in [2.24, 2.45) is 0 Å². The molecule has 2 bridgehead atoms. The molecule has 0 radical (unpaired) electrons. The number of nitrogens with zero attached hydrogens (tertiary/aromatic N) is 1. The Morgan fingerprint density at radius 1 is 1.25 bits per heavy atom. The molecular formula is C17H25FN2. The molecule has 2 atom stereocenters. The molecule has 0 spiro atoms. The third-order valence-corrected chi connectivity index (χ3v) is 5.08.